The molecule has 0 fully saturated rings. The summed E-state index contributed by atoms with van der Waals surface area (Å²) >= 11 is 1.52. The smallest absolute Gasteiger partial charge is 0.245 e. The van der Waals surface area contributed by atoms with Crippen LogP contribution in [0.5, 0.6) is 0 Å². The van der Waals surface area contributed by atoms with Crippen molar-refractivity contribution in [2.75, 3.05) is 0 Å². The van der Waals surface area contributed by atoms with Crippen molar-refractivity contribution in [2.24, 2.45) is 0 Å². The van der Waals surface area contributed by atoms with Gasteiger partial charge in [-0.25, -0.2) is 19.9 Å². The summed E-state index contributed by atoms with van der Waals surface area (Å²) in [5, 5.41) is 0. The quantitative estimate of drug-likeness (QED) is 0.493. The highest BCUT2D eigenvalue weighted by molar-refractivity contribution is 7.21. The standard InChI is InChI=1S/C18H9N7OS/c1-2-21-17-9(20-1)3-15(26-17)13-7-22-10-4-16(27-18(10)25-13)14-8-23-11-5-19-6-12(11)24-14/h1-8,19H. The lowest BCUT2D eigenvalue weighted by Crippen LogP contribution is -1.83. The van der Waals surface area contributed by atoms with Crippen molar-refractivity contribution in [3.05, 3.63) is 49.3 Å². The third kappa shape index (κ3) is 2.29. The molecule has 6 rings (SSSR count). The predicted octanol–water partition coefficient (Wildman–Crippen LogP) is 3.83. The van der Waals surface area contributed by atoms with Gasteiger partial charge in [0.05, 0.1) is 23.0 Å². The molecule has 27 heavy (non-hydrogen) atoms. The molecule has 0 spiro atoms. The fourth-order valence-corrected chi connectivity index (χ4v) is 3.85. The first kappa shape index (κ1) is 14.4. The van der Waals surface area contributed by atoms with Crippen LogP contribution in [0.1, 0.15) is 0 Å². The van der Waals surface area contributed by atoms with Gasteiger partial charge in [0.1, 0.15) is 32.6 Å². The average Bonchev–Trinajstić information content (AvgIpc) is 3.42. The number of aromatic amines is 1. The van der Waals surface area contributed by atoms with Crippen LogP contribution in [-0.4, -0.2) is 34.9 Å². The summed E-state index contributed by atoms with van der Waals surface area (Å²) in [7, 11) is 0. The lowest BCUT2D eigenvalue weighted by molar-refractivity contribution is 0.615. The zero-order valence-electron chi connectivity index (χ0n) is 13.6. The van der Waals surface area contributed by atoms with Gasteiger partial charge in [0.25, 0.3) is 0 Å². The topological polar surface area (TPSA) is 106 Å². The number of hydrogen-bond acceptors (Lipinski definition) is 8. The van der Waals surface area contributed by atoms with Crippen molar-refractivity contribution in [1.29, 1.82) is 0 Å². The van der Waals surface area contributed by atoms with E-state index in [9.17, 15) is 0 Å². The minimum Gasteiger partial charge on any atom is -0.435 e. The Morgan fingerprint density at radius 1 is 0.778 bits per heavy atom. The predicted molar refractivity (Wildman–Crippen MR) is 101 cm³/mol. The summed E-state index contributed by atoms with van der Waals surface area (Å²) in [6.07, 6.45) is 10.3. The largest absolute Gasteiger partial charge is 0.435 e. The molecule has 0 radical (unpaired) electrons. The summed E-state index contributed by atoms with van der Waals surface area (Å²) in [4.78, 5) is 31.4. The highest BCUT2D eigenvalue weighted by atomic mass is 32.1. The van der Waals surface area contributed by atoms with E-state index < -0.39 is 0 Å². The number of nitrogens with zero attached hydrogens (tertiary/aromatic N) is 6. The molecule has 6 aromatic rings. The third-order valence-electron chi connectivity index (χ3n) is 4.18. The van der Waals surface area contributed by atoms with Crippen LogP contribution in [0.15, 0.2) is 53.7 Å². The van der Waals surface area contributed by atoms with E-state index in [0.717, 1.165) is 32.0 Å². The average molecular weight is 371 g/mol. The zero-order chi connectivity index (χ0) is 17.8. The molecular weight excluding hydrogens is 362 g/mol. The summed E-state index contributed by atoms with van der Waals surface area (Å²) in [5.74, 6) is 0.592. The van der Waals surface area contributed by atoms with Crippen LogP contribution in [0.4, 0.5) is 0 Å². The third-order valence-corrected chi connectivity index (χ3v) is 5.22. The fraction of sp³-hybridized carbons (Fsp3) is 0. The highest BCUT2D eigenvalue weighted by Gasteiger charge is 2.13. The summed E-state index contributed by atoms with van der Waals surface area (Å²) < 4.78 is 5.74. The molecule has 8 nitrogen and oxygen atoms in total. The SMILES string of the molecule is c1cnc2oc(-c3cnc4cc(-c5cnc6c[nH]cc6n5)sc4n3)cc2n1. The second kappa shape index (κ2) is 5.39. The van der Waals surface area contributed by atoms with Crippen LogP contribution < -0.4 is 0 Å². The van der Waals surface area contributed by atoms with Crippen molar-refractivity contribution in [2.45, 2.75) is 0 Å². The van der Waals surface area contributed by atoms with Crippen LogP contribution in [0, 0.1) is 0 Å². The molecule has 0 saturated heterocycles. The van der Waals surface area contributed by atoms with Crippen LogP contribution in [-0.2, 0) is 0 Å². The first-order valence-electron chi connectivity index (χ1n) is 8.11. The number of rotatable bonds is 2. The van der Waals surface area contributed by atoms with Crippen molar-refractivity contribution in [1.82, 2.24) is 34.9 Å². The summed E-state index contributed by atoms with van der Waals surface area (Å²) in [5.41, 5.74) is 5.09. The van der Waals surface area contributed by atoms with E-state index in [2.05, 4.69) is 29.9 Å². The molecule has 0 atom stereocenters. The molecular formula is C18H9N7OS. The minimum atomic E-state index is 0.483. The Balaban J connectivity index is 1.46. The Bertz CT molecular complexity index is 1420. The van der Waals surface area contributed by atoms with Gasteiger partial charge in [-0.2, -0.15) is 0 Å². The molecule has 9 heteroatoms. The maximum Gasteiger partial charge on any atom is 0.245 e. The van der Waals surface area contributed by atoms with E-state index in [0.29, 0.717) is 22.7 Å². The van der Waals surface area contributed by atoms with Gasteiger partial charge in [0, 0.05) is 30.9 Å². The molecule has 0 unspecified atom stereocenters. The van der Waals surface area contributed by atoms with E-state index in [1.54, 1.807) is 24.8 Å². The molecule has 0 aliphatic heterocycles. The Morgan fingerprint density at radius 3 is 2.59 bits per heavy atom. The van der Waals surface area contributed by atoms with Crippen LogP contribution in [0.2, 0.25) is 0 Å². The Kier molecular flexibility index (Phi) is 2.88. The Morgan fingerprint density at radius 2 is 1.63 bits per heavy atom. The van der Waals surface area contributed by atoms with Gasteiger partial charge in [-0.15, -0.1) is 11.3 Å². The van der Waals surface area contributed by atoms with Gasteiger partial charge < -0.3 is 9.40 Å². The number of nitrogens with one attached hydrogen (secondary N) is 1. The van der Waals surface area contributed by atoms with Gasteiger partial charge in [-0.1, -0.05) is 0 Å². The van der Waals surface area contributed by atoms with Crippen molar-refractivity contribution >= 4 is 43.9 Å². The van der Waals surface area contributed by atoms with Gasteiger partial charge in [0.15, 0.2) is 5.76 Å². The van der Waals surface area contributed by atoms with Gasteiger partial charge >= 0.3 is 0 Å². The van der Waals surface area contributed by atoms with Crippen molar-refractivity contribution in [3.63, 3.8) is 0 Å². The normalized spacial score (nSPS) is 11.7. The van der Waals surface area contributed by atoms with Crippen molar-refractivity contribution < 1.29 is 4.42 Å². The summed E-state index contributed by atoms with van der Waals surface area (Å²) in [6.45, 7) is 0. The summed E-state index contributed by atoms with van der Waals surface area (Å²) in [6, 6.07) is 3.79. The van der Waals surface area contributed by atoms with Crippen LogP contribution in [0.3, 0.4) is 0 Å². The maximum absolute atomic E-state index is 5.74. The van der Waals surface area contributed by atoms with E-state index >= 15 is 0 Å². The van der Waals surface area contributed by atoms with E-state index in [1.807, 2.05) is 24.5 Å². The molecule has 6 aromatic heterocycles. The first-order valence-corrected chi connectivity index (χ1v) is 8.92. The molecule has 0 aliphatic rings. The molecule has 0 amide bonds. The molecule has 6 heterocycles. The second-order valence-corrected chi connectivity index (χ2v) is 6.93. The Hall–Kier alpha value is -3.72. The Labute approximate surface area is 155 Å². The lowest BCUT2D eigenvalue weighted by Gasteiger charge is -1.95. The van der Waals surface area contributed by atoms with Crippen LogP contribution >= 0.6 is 11.3 Å². The monoisotopic (exact) mass is 371 g/mol. The van der Waals surface area contributed by atoms with E-state index in [4.69, 9.17) is 9.40 Å². The molecule has 0 saturated carbocycles. The number of fused-ring (bicyclic) bond motifs is 3. The van der Waals surface area contributed by atoms with E-state index in [-0.39, 0.29) is 0 Å². The number of H-pyrrole nitrogens is 1. The minimum absolute atomic E-state index is 0.483. The number of furan rings is 1. The molecule has 128 valence electrons. The van der Waals surface area contributed by atoms with Crippen LogP contribution in [0.25, 0.3) is 54.6 Å². The van der Waals surface area contributed by atoms with Gasteiger partial charge in [0.2, 0.25) is 5.71 Å². The van der Waals surface area contributed by atoms with Crippen molar-refractivity contribution in [3.8, 4) is 22.0 Å². The zero-order valence-corrected chi connectivity index (χ0v) is 14.4. The highest BCUT2D eigenvalue weighted by Crippen LogP contribution is 2.32. The number of thiophene rings is 1. The fourth-order valence-electron chi connectivity index (χ4n) is 2.90. The van der Waals surface area contributed by atoms with Gasteiger partial charge in [-0.3, -0.25) is 9.97 Å². The molecule has 1 N–H and O–H groups in total. The first-order chi connectivity index (χ1) is 13.3. The lowest BCUT2D eigenvalue weighted by atomic mass is 10.3. The molecule has 0 bridgehead atoms. The molecule has 0 aromatic carbocycles. The number of aromatic nitrogens is 7. The van der Waals surface area contributed by atoms with Gasteiger partial charge in [-0.05, 0) is 6.07 Å². The maximum atomic E-state index is 5.74. The number of hydrogen-bond donors (Lipinski definition) is 1. The van der Waals surface area contributed by atoms with E-state index in [1.165, 1.54) is 11.3 Å². The molecule has 0 aliphatic carbocycles. The second-order valence-electron chi connectivity index (χ2n) is 5.89.